The van der Waals surface area contributed by atoms with Crippen LogP contribution in [-0.4, -0.2) is 14.2 Å². The van der Waals surface area contributed by atoms with E-state index < -0.39 is 10.0 Å². The Morgan fingerprint density at radius 2 is 1.80 bits per heavy atom. The van der Waals surface area contributed by atoms with E-state index in [0.717, 1.165) is 11.1 Å². The zero-order valence-electron chi connectivity index (χ0n) is 11.3. The molecule has 0 bridgehead atoms. The zero-order valence-corrected chi connectivity index (χ0v) is 12.2. The van der Waals surface area contributed by atoms with Crippen LogP contribution in [-0.2, 0) is 16.4 Å². The highest BCUT2D eigenvalue weighted by molar-refractivity contribution is 7.92. The van der Waals surface area contributed by atoms with Crippen molar-refractivity contribution in [2.45, 2.75) is 13.3 Å². The average molecular weight is 290 g/mol. The maximum Gasteiger partial charge on any atom is 0.233 e. The van der Waals surface area contributed by atoms with E-state index in [1.54, 1.807) is 18.2 Å². The minimum absolute atomic E-state index is 0.0469. The second-order valence-electron chi connectivity index (χ2n) is 4.73. The molecule has 0 aromatic heterocycles. The number of nitrogens with one attached hydrogen (secondary N) is 1. The normalized spacial score (nSPS) is 11.2. The number of hydrogen-bond donors (Lipinski definition) is 2. The monoisotopic (exact) mass is 290 g/mol. The third-order valence-corrected chi connectivity index (χ3v) is 4.30. The molecule has 0 aliphatic carbocycles. The summed E-state index contributed by atoms with van der Waals surface area (Å²) in [6, 6.07) is 14.7. The van der Waals surface area contributed by atoms with Crippen LogP contribution in [0, 0.1) is 6.92 Å². The Bertz CT molecular complexity index is 682. The molecule has 0 aliphatic rings. The number of hydrogen-bond acceptors (Lipinski definition) is 3. The molecular weight excluding hydrogens is 272 g/mol. The molecule has 0 aliphatic heterocycles. The predicted molar refractivity (Wildman–Crippen MR) is 83.1 cm³/mol. The molecular formula is C15H18N2O2S. The van der Waals surface area contributed by atoms with E-state index in [2.05, 4.69) is 4.72 Å². The highest BCUT2D eigenvalue weighted by Gasteiger charge is 2.12. The fourth-order valence-electron chi connectivity index (χ4n) is 1.87. The number of anilines is 2. The van der Waals surface area contributed by atoms with E-state index in [1.807, 2.05) is 37.3 Å². The molecule has 0 unspecified atom stereocenters. The van der Waals surface area contributed by atoms with Crippen LogP contribution >= 0.6 is 0 Å². The number of aryl methyl sites for hydroxylation is 2. The van der Waals surface area contributed by atoms with Crippen molar-refractivity contribution in [1.29, 1.82) is 0 Å². The molecule has 0 spiro atoms. The highest BCUT2D eigenvalue weighted by Crippen LogP contribution is 2.19. The predicted octanol–water partition coefficient (Wildman–Crippen LogP) is 2.56. The molecule has 0 saturated heterocycles. The van der Waals surface area contributed by atoms with Crippen molar-refractivity contribution in [3.8, 4) is 0 Å². The quantitative estimate of drug-likeness (QED) is 0.831. The van der Waals surface area contributed by atoms with Crippen molar-refractivity contribution in [1.82, 2.24) is 0 Å². The van der Waals surface area contributed by atoms with E-state index in [1.165, 1.54) is 0 Å². The average Bonchev–Trinajstić information content (AvgIpc) is 2.42. The molecule has 2 aromatic carbocycles. The van der Waals surface area contributed by atoms with Crippen LogP contribution in [0.4, 0.5) is 11.4 Å². The van der Waals surface area contributed by atoms with Gasteiger partial charge in [0.2, 0.25) is 10.0 Å². The van der Waals surface area contributed by atoms with Crippen LogP contribution < -0.4 is 10.5 Å². The van der Waals surface area contributed by atoms with Gasteiger partial charge in [-0.25, -0.2) is 8.42 Å². The summed E-state index contributed by atoms with van der Waals surface area (Å²) in [5, 5.41) is 0. The van der Waals surface area contributed by atoms with E-state index in [-0.39, 0.29) is 5.75 Å². The van der Waals surface area contributed by atoms with Crippen molar-refractivity contribution in [3.63, 3.8) is 0 Å². The Hall–Kier alpha value is -2.01. The Balaban J connectivity index is 2.06. The van der Waals surface area contributed by atoms with E-state index >= 15 is 0 Å². The number of nitrogen functional groups attached to an aromatic ring is 1. The maximum atomic E-state index is 12.1. The number of rotatable bonds is 5. The molecule has 20 heavy (non-hydrogen) atoms. The number of nitrogens with two attached hydrogens (primary N) is 1. The minimum atomic E-state index is -3.38. The van der Waals surface area contributed by atoms with Gasteiger partial charge >= 0.3 is 0 Å². The van der Waals surface area contributed by atoms with E-state index in [0.29, 0.717) is 17.8 Å². The molecule has 0 amide bonds. The lowest BCUT2D eigenvalue weighted by Gasteiger charge is -2.11. The molecule has 0 radical (unpaired) electrons. The van der Waals surface area contributed by atoms with Gasteiger partial charge in [-0.05, 0) is 36.6 Å². The summed E-state index contributed by atoms with van der Waals surface area (Å²) in [5.41, 5.74) is 8.61. The smallest absolute Gasteiger partial charge is 0.233 e. The van der Waals surface area contributed by atoms with Gasteiger partial charge in [-0.15, -0.1) is 0 Å². The van der Waals surface area contributed by atoms with Gasteiger partial charge in [0.1, 0.15) is 0 Å². The van der Waals surface area contributed by atoms with Crippen LogP contribution in [0.25, 0.3) is 0 Å². The first kappa shape index (κ1) is 14.4. The third kappa shape index (κ3) is 3.99. The van der Waals surface area contributed by atoms with Gasteiger partial charge in [0.25, 0.3) is 0 Å². The highest BCUT2D eigenvalue weighted by atomic mass is 32.2. The van der Waals surface area contributed by atoms with Crippen LogP contribution in [0.2, 0.25) is 0 Å². The van der Waals surface area contributed by atoms with Crippen molar-refractivity contribution >= 4 is 21.4 Å². The second kappa shape index (κ2) is 5.96. The molecule has 2 aromatic rings. The zero-order chi connectivity index (χ0) is 14.6. The van der Waals surface area contributed by atoms with Gasteiger partial charge in [-0.2, -0.15) is 0 Å². The Morgan fingerprint density at radius 1 is 1.10 bits per heavy atom. The second-order valence-corrected chi connectivity index (χ2v) is 6.57. The summed E-state index contributed by atoms with van der Waals surface area (Å²) in [6.07, 6.45) is 0.484. The van der Waals surface area contributed by atoms with E-state index in [4.69, 9.17) is 5.73 Å². The molecule has 0 atom stereocenters. The molecule has 5 heteroatoms. The van der Waals surface area contributed by atoms with Crippen LogP contribution in [0.15, 0.2) is 48.5 Å². The Kier molecular flexibility index (Phi) is 4.29. The standard InChI is InChI=1S/C15H18N2O2S/c1-12-7-8-14(16)11-15(12)17-20(18,19)10-9-13-5-3-2-4-6-13/h2-8,11,17H,9-10,16H2,1H3. The molecule has 2 rings (SSSR count). The van der Waals surface area contributed by atoms with Crippen LogP contribution in [0.3, 0.4) is 0 Å². The van der Waals surface area contributed by atoms with Gasteiger partial charge in [0, 0.05) is 5.69 Å². The first-order chi connectivity index (χ1) is 9.46. The van der Waals surface area contributed by atoms with E-state index in [9.17, 15) is 8.42 Å². The molecule has 3 N–H and O–H groups in total. The molecule has 106 valence electrons. The maximum absolute atomic E-state index is 12.1. The van der Waals surface area contributed by atoms with Gasteiger partial charge in [0.15, 0.2) is 0 Å². The molecule has 4 nitrogen and oxygen atoms in total. The van der Waals surface area contributed by atoms with Crippen molar-refractivity contribution in [2.75, 3.05) is 16.2 Å². The lowest BCUT2D eigenvalue weighted by Crippen LogP contribution is -2.18. The summed E-state index contributed by atoms with van der Waals surface area (Å²) in [7, 11) is -3.38. The van der Waals surface area contributed by atoms with Gasteiger partial charge < -0.3 is 5.73 Å². The fraction of sp³-hybridized carbons (Fsp3) is 0.200. The number of sulfonamides is 1. The third-order valence-electron chi connectivity index (χ3n) is 3.03. The lowest BCUT2D eigenvalue weighted by atomic mass is 10.2. The van der Waals surface area contributed by atoms with Crippen LogP contribution in [0.1, 0.15) is 11.1 Å². The largest absolute Gasteiger partial charge is 0.399 e. The Labute approximate surface area is 119 Å². The lowest BCUT2D eigenvalue weighted by molar-refractivity contribution is 0.600. The first-order valence-corrected chi connectivity index (χ1v) is 8.02. The summed E-state index contributed by atoms with van der Waals surface area (Å²) in [5.74, 6) is 0.0469. The summed E-state index contributed by atoms with van der Waals surface area (Å²) >= 11 is 0. The summed E-state index contributed by atoms with van der Waals surface area (Å²) in [6.45, 7) is 1.84. The van der Waals surface area contributed by atoms with Crippen molar-refractivity contribution in [3.05, 3.63) is 59.7 Å². The summed E-state index contributed by atoms with van der Waals surface area (Å²) < 4.78 is 26.8. The molecule has 0 fully saturated rings. The van der Waals surface area contributed by atoms with Gasteiger partial charge in [0.05, 0.1) is 11.4 Å². The van der Waals surface area contributed by atoms with Gasteiger partial charge in [-0.3, -0.25) is 4.72 Å². The van der Waals surface area contributed by atoms with Crippen molar-refractivity contribution < 1.29 is 8.42 Å². The van der Waals surface area contributed by atoms with Crippen LogP contribution in [0.5, 0.6) is 0 Å². The fourth-order valence-corrected chi connectivity index (χ4v) is 3.03. The number of benzene rings is 2. The van der Waals surface area contributed by atoms with Gasteiger partial charge in [-0.1, -0.05) is 36.4 Å². The first-order valence-electron chi connectivity index (χ1n) is 6.37. The topological polar surface area (TPSA) is 72.2 Å². The molecule has 0 saturated carbocycles. The SMILES string of the molecule is Cc1ccc(N)cc1NS(=O)(=O)CCc1ccccc1. The Morgan fingerprint density at radius 3 is 2.50 bits per heavy atom. The molecule has 0 heterocycles. The minimum Gasteiger partial charge on any atom is -0.399 e. The summed E-state index contributed by atoms with van der Waals surface area (Å²) in [4.78, 5) is 0. The van der Waals surface area contributed by atoms with Crippen molar-refractivity contribution in [2.24, 2.45) is 0 Å².